The summed E-state index contributed by atoms with van der Waals surface area (Å²) in [6, 6.07) is 0.584. The Kier molecular flexibility index (Phi) is 2.28. The number of nitrogens with two attached hydrogens (primary N) is 1. The summed E-state index contributed by atoms with van der Waals surface area (Å²) in [6.07, 6.45) is 8.10. The first-order valence-corrected chi connectivity index (χ1v) is 5.25. The van der Waals surface area contributed by atoms with E-state index >= 15 is 0 Å². The van der Waals surface area contributed by atoms with E-state index in [0.29, 0.717) is 18.0 Å². The molecule has 2 rings (SSSR count). The maximum absolute atomic E-state index is 10.6. The first-order chi connectivity index (χ1) is 6.23. The van der Waals surface area contributed by atoms with E-state index in [1.54, 1.807) is 0 Å². The van der Waals surface area contributed by atoms with Crippen molar-refractivity contribution >= 4 is 5.91 Å². The highest BCUT2D eigenvalue weighted by molar-refractivity contribution is 5.76. The summed E-state index contributed by atoms with van der Waals surface area (Å²) in [5.41, 5.74) is 5.65. The summed E-state index contributed by atoms with van der Waals surface area (Å²) in [6.45, 7) is 0.354. The van der Waals surface area contributed by atoms with Crippen LogP contribution in [0.5, 0.6) is 0 Å². The zero-order valence-corrected chi connectivity index (χ0v) is 8.01. The average Bonchev–Trinajstić information content (AvgIpc) is 2.77. The molecule has 1 amide bonds. The van der Waals surface area contributed by atoms with Crippen LogP contribution < -0.4 is 11.1 Å². The van der Waals surface area contributed by atoms with Crippen molar-refractivity contribution in [1.82, 2.24) is 5.32 Å². The Morgan fingerprint density at radius 3 is 2.69 bits per heavy atom. The van der Waals surface area contributed by atoms with Crippen LogP contribution in [0.2, 0.25) is 0 Å². The van der Waals surface area contributed by atoms with E-state index in [1.807, 2.05) is 0 Å². The average molecular weight is 182 g/mol. The van der Waals surface area contributed by atoms with Gasteiger partial charge in [-0.1, -0.05) is 19.3 Å². The number of rotatable bonds is 3. The molecule has 3 N–H and O–H groups in total. The van der Waals surface area contributed by atoms with Crippen LogP contribution in [-0.4, -0.2) is 18.5 Å². The standard InChI is InChI=1S/C10H18N2O/c11-9(13)7-12-8-6-10(8)4-2-1-3-5-10/h8,12H,1-7H2,(H2,11,13). The minimum Gasteiger partial charge on any atom is -0.369 e. The molecule has 0 aliphatic heterocycles. The van der Waals surface area contributed by atoms with Crippen LogP contribution in [0.1, 0.15) is 38.5 Å². The van der Waals surface area contributed by atoms with Gasteiger partial charge in [-0.05, 0) is 24.7 Å². The summed E-state index contributed by atoms with van der Waals surface area (Å²) in [4.78, 5) is 10.6. The van der Waals surface area contributed by atoms with Crippen LogP contribution in [0.3, 0.4) is 0 Å². The van der Waals surface area contributed by atoms with Crippen LogP contribution in [0.15, 0.2) is 0 Å². The highest BCUT2D eigenvalue weighted by Gasteiger charge is 2.53. The fourth-order valence-electron chi connectivity index (χ4n) is 2.67. The third kappa shape index (κ3) is 1.85. The van der Waals surface area contributed by atoms with E-state index in [0.717, 1.165) is 0 Å². The van der Waals surface area contributed by atoms with Gasteiger partial charge < -0.3 is 11.1 Å². The Hall–Kier alpha value is -0.570. The molecule has 0 aromatic rings. The van der Waals surface area contributed by atoms with E-state index in [1.165, 1.54) is 38.5 Å². The molecule has 2 saturated carbocycles. The first kappa shape index (κ1) is 9.00. The third-order valence-electron chi connectivity index (χ3n) is 3.56. The van der Waals surface area contributed by atoms with Crippen molar-refractivity contribution < 1.29 is 4.79 Å². The molecule has 0 heterocycles. The van der Waals surface area contributed by atoms with Gasteiger partial charge in [0.05, 0.1) is 6.54 Å². The molecule has 1 atom stereocenters. The monoisotopic (exact) mass is 182 g/mol. The highest BCUT2D eigenvalue weighted by Crippen LogP contribution is 2.56. The molecule has 2 aliphatic rings. The van der Waals surface area contributed by atoms with Gasteiger partial charge in [-0.15, -0.1) is 0 Å². The number of carbonyl (C=O) groups is 1. The summed E-state index contributed by atoms with van der Waals surface area (Å²) in [7, 11) is 0. The summed E-state index contributed by atoms with van der Waals surface area (Å²) >= 11 is 0. The molecule has 3 heteroatoms. The van der Waals surface area contributed by atoms with Crippen molar-refractivity contribution in [3.8, 4) is 0 Å². The molecule has 0 bridgehead atoms. The van der Waals surface area contributed by atoms with Crippen LogP contribution in [-0.2, 0) is 4.79 Å². The molecular formula is C10H18N2O. The van der Waals surface area contributed by atoms with Gasteiger partial charge in [0.25, 0.3) is 0 Å². The molecule has 13 heavy (non-hydrogen) atoms. The Morgan fingerprint density at radius 2 is 2.08 bits per heavy atom. The lowest BCUT2D eigenvalue weighted by Crippen LogP contribution is -2.33. The summed E-state index contributed by atoms with van der Waals surface area (Å²) < 4.78 is 0. The fraction of sp³-hybridized carbons (Fsp3) is 0.900. The molecule has 1 unspecified atom stereocenters. The SMILES string of the molecule is NC(=O)CNC1CC12CCCCC2. The normalized spacial score (nSPS) is 30.3. The quantitative estimate of drug-likeness (QED) is 0.678. The van der Waals surface area contributed by atoms with E-state index in [4.69, 9.17) is 5.73 Å². The minimum atomic E-state index is -0.238. The first-order valence-electron chi connectivity index (χ1n) is 5.25. The van der Waals surface area contributed by atoms with Crippen molar-refractivity contribution in [3.05, 3.63) is 0 Å². The van der Waals surface area contributed by atoms with Gasteiger partial charge in [0.2, 0.25) is 5.91 Å². The van der Waals surface area contributed by atoms with Crippen LogP contribution in [0.25, 0.3) is 0 Å². The van der Waals surface area contributed by atoms with Gasteiger partial charge in [0.1, 0.15) is 0 Å². The lowest BCUT2D eigenvalue weighted by Gasteiger charge is -2.22. The maximum Gasteiger partial charge on any atom is 0.231 e. The van der Waals surface area contributed by atoms with Gasteiger partial charge >= 0.3 is 0 Å². The number of primary amides is 1. The van der Waals surface area contributed by atoms with Crippen molar-refractivity contribution in [2.45, 2.75) is 44.6 Å². The number of hydrogen-bond donors (Lipinski definition) is 2. The Bertz CT molecular complexity index is 209. The molecule has 2 fully saturated rings. The number of nitrogens with one attached hydrogen (secondary N) is 1. The second kappa shape index (κ2) is 3.29. The van der Waals surface area contributed by atoms with Gasteiger partial charge in [-0.2, -0.15) is 0 Å². The van der Waals surface area contributed by atoms with Crippen LogP contribution in [0, 0.1) is 5.41 Å². The third-order valence-corrected chi connectivity index (χ3v) is 3.56. The molecular weight excluding hydrogens is 164 g/mol. The van der Waals surface area contributed by atoms with Gasteiger partial charge in [-0.3, -0.25) is 4.79 Å². The lowest BCUT2D eigenvalue weighted by atomic mass is 9.86. The van der Waals surface area contributed by atoms with Crippen molar-refractivity contribution in [2.24, 2.45) is 11.1 Å². The predicted molar refractivity (Wildman–Crippen MR) is 51.1 cm³/mol. The molecule has 74 valence electrons. The summed E-state index contributed by atoms with van der Waals surface area (Å²) in [5, 5.41) is 3.24. The van der Waals surface area contributed by atoms with Gasteiger partial charge in [0, 0.05) is 6.04 Å². The number of amides is 1. The van der Waals surface area contributed by atoms with Crippen LogP contribution >= 0.6 is 0 Å². The van der Waals surface area contributed by atoms with Gasteiger partial charge in [0.15, 0.2) is 0 Å². The van der Waals surface area contributed by atoms with Crippen molar-refractivity contribution in [3.63, 3.8) is 0 Å². The maximum atomic E-state index is 10.6. The minimum absolute atomic E-state index is 0.238. The molecule has 1 spiro atoms. The molecule has 0 radical (unpaired) electrons. The second-order valence-electron chi connectivity index (χ2n) is 4.53. The van der Waals surface area contributed by atoms with Crippen molar-refractivity contribution in [1.29, 1.82) is 0 Å². The van der Waals surface area contributed by atoms with E-state index in [-0.39, 0.29) is 5.91 Å². The fourth-order valence-corrected chi connectivity index (χ4v) is 2.67. The molecule has 0 aromatic heterocycles. The van der Waals surface area contributed by atoms with Crippen molar-refractivity contribution in [2.75, 3.05) is 6.54 Å². The van der Waals surface area contributed by atoms with E-state index in [9.17, 15) is 4.79 Å². The predicted octanol–water partition coefficient (Wildman–Crippen LogP) is 0.784. The number of carbonyl (C=O) groups excluding carboxylic acids is 1. The van der Waals surface area contributed by atoms with E-state index < -0.39 is 0 Å². The Balaban J connectivity index is 1.76. The zero-order valence-electron chi connectivity index (χ0n) is 8.01. The Morgan fingerprint density at radius 1 is 1.38 bits per heavy atom. The van der Waals surface area contributed by atoms with Crippen LogP contribution in [0.4, 0.5) is 0 Å². The molecule has 0 aromatic carbocycles. The molecule has 0 saturated heterocycles. The molecule has 2 aliphatic carbocycles. The number of hydrogen-bond acceptors (Lipinski definition) is 2. The lowest BCUT2D eigenvalue weighted by molar-refractivity contribution is -0.117. The largest absolute Gasteiger partial charge is 0.369 e. The Labute approximate surface area is 79.1 Å². The topological polar surface area (TPSA) is 55.1 Å². The smallest absolute Gasteiger partial charge is 0.231 e. The summed E-state index contributed by atoms with van der Waals surface area (Å²) in [5.74, 6) is -0.238. The second-order valence-corrected chi connectivity index (χ2v) is 4.53. The van der Waals surface area contributed by atoms with Gasteiger partial charge in [-0.25, -0.2) is 0 Å². The highest BCUT2D eigenvalue weighted by atomic mass is 16.1. The van der Waals surface area contributed by atoms with E-state index in [2.05, 4.69) is 5.32 Å². The zero-order chi connectivity index (χ0) is 9.31. The molecule has 3 nitrogen and oxygen atoms in total.